The lowest BCUT2D eigenvalue weighted by atomic mass is 10.0. The van der Waals surface area contributed by atoms with Crippen LogP contribution in [0, 0.1) is 11.3 Å². The number of amides is 1. The van der Waals surface area contributed by atoms with Crippen molar-refractivity contribution in [1.82, 2.24) is 5.32 Å². The molecular weight excluding hydrogens is 322 g/mol. The summed E-state index contributed by atoms with van der Waals surface area (Å²) in [5.41, 5.74) is 6.92. The molecule has 0 radical (unpaired) electrons. The fourth-order valence-corrected chi connectivity index (χ4v) is 2.15. The molecule has 0 saturated heterocycles. The van der Waals surface area contributed by atoms with E-state index in [1.165, 1.54) is 0 Å². The number of nitrogens with zero attached hydrogens (tertiary/aromatic N) is 1. The Morgan fingerprint density at radius 1 is 1.60 bits per heavy atom. The van der Waals surface area contributed by atoms with Gasteiger partial charge in [0, 0.05) is 6.04 Å². The van der Waals surface area contributed by atoms with Gasteiger partial charge in [0.2, 0.25) is 0 Å². The number of nitrogens with two attached hydrogens (primary N) is 1. The summed E-state index contributed by atoms with van der Waals surface area (Å²) in [5.74, 6) is 0.302. The summed E-state index contributed by atoms with van der Waals surface area (Å²) in [4.78, 5) is 11.4. The molecule has 1 aromatic carbocycles. The highest BCUT2D eigenvalue weighted by Crippen LogP contribution is 2.30. The van der Waals surface area contributed by atoms with Crippen LogP contribution in [0.1, 0.15) is 18.9 Å². The van der Waals surface area contributed by atoms with E-state index in [0.29, 0.717) is 12.2 Å². The number of nitrogens with one attached hydrogen (secondary N) is 1. The molecule has 0 fully saturated rings. The molecule has 5 nitrogen and oxygen atoms in total. The first-order chi connectivity index (χ1) is 9.58. The molecule has 0 aromatic heterocycles. The number of benzene rings is 1. The van der Waals surface area contributed by atoms with Gasteiger partial charge in [0.1, 0.15) is 12.3 Å². The lowest BCUT2D eigenvalue weighted by Gasteiger charge is -2.15. The highest BCUT2D eigenvalue weighted by Gasteiger charge is 2.12. The molecule has 0 aliphatic carbocycles. The van der Waals surface area contributed by atoms with Crippen molar-refractivity contribution in [2.45, 2.75) is 25.8 Å². The van der Waals surface area contributed by atoms with E-state index in [-0.39, 0.29) is 25.1 Å². The quantitative estimate of drug-likeness (QED) is 0.740. The number of rotatable bonds is 7. The van der Waals surface area contributed by atoms with Crippen LogP contribution in [0.25, 0.3) is 0 Å². The summed E-state index contributed by atoms with van der Waals surface area (Å²) in [5, 5.41) is 10.8. The second-order valence-electron chi connectivity index (χ2n) is 4.32. The number of halogens is 1. The van der Waals surface area contributed by atoms with Crippen LogP contribution in [-0.2, 0) is 11.2 Å². The van der Waals surface area contributed by atoms with E-state index >= 15 is 0 Å². The maximum absolute atomic E-state index is 11.4. The molecule has 0 aliphatic heterocycles. The molecule has 1 aromatic rings. The zero-order valence-corrected chi connectivity index (χ0v) is 12.9. The monoisotopic (exact) mass is 339 g/mol. The maximum Gasteiger partial charge on any atom is 0.258 e. The third-order valence-corrected chi connectivity index (χ3v) is 3.39. The largest absolute Gasteiger partial charge is 0.482 e. The summed E-state index contributed by atoms with van der Waals surface area (Å²) < 4.78 is 6.33. The van der Waals surface area contributed by atoms with Crippen LogP contribution < -0.4 is 15.8 Å². The molecule has 1 atom stereocenters. The average molecular weight is 340 g/mol. The molecule has 1 unspecified atom stereocenters. The SMILES string of the molecule is CCC(N)Cc1cccc(Br)c1OCC(=O)NCC#N. The summed E-state index contributed by atoms with van der Waals surface area (Å²) in [6.45, 7) is 1.88. The van der Waals surface area contributed by atoms with E-state index in [0.717, 1.165) is 16.5 Å². The van der Waals surface area contributed by atoms with Crippen molar-refractivity contribution >= 4 is 21.8 Å². The van der Waals surface area contributed by atoms with Crippen molar-refractivity contribution in [1.29, 1.82) is 5.26 Å². The zero-order chi connectivity index (χ0) is 15.0. The Balaban J connectivity index is 2.73. The standard InChI is InChI=1S/C14H18BrN3O2/c1-2-11(17)8-10-4-3-5-12(15)14(10)20-9-13(19)18-7-6-16/h3-5,11H,2,7-9,17H2,1H3,(H,18,19). The summed E-state index contributed by atoms with van der Waals surface area (Å²) in [7, 11) is 0. The lowest BCUT2D eigenvalue weighted by molar-refractivity contribution is -0.122. The highest BCUT2D eigenvalue weighted by atomic mass is 79.9. The molecule has 3 N–H and O–H groups in total. The van der Waals surface area contributed by atoms with Crippen LogP contribution in [0.5, 0.6) is 5.75 Å². The summed E-state index contributed by atoms with van der Waals surface area (Å²) in [6.07, 6.45) is 1.56. The van der Waals surface area contributed by atoms with Gasteiger partial charge in [-0.3, -0.25) is 4.79 Å². The predicted octanol–water partition coefficient (Wildman–Crippen LogP) is 1.75. The van der Waals surface area contributed by atoms with Gasteiger partial charge in [-0.25, -0.2) is 0 Å². The summed E-state index contributed by atoms with van der Waals surface area (Å²) in [6, 6.07) is 7.59. The van der Waals surface area contributed by atoms with E-state index < -0.39 is 0 Å². The summed E-state index contributed by atoms with van der Waals surface area (Å²) >= 11 is 3.41. The van der Waals surface area contributed by atoms with Crippen LogP contribution in [0.3, 0.4) is 0 Å². The molecular formula is C14H18BrN3O2. The van der Waals surface area contributed by atoms with Crippen LogP contribution in [0.4, 0.5) is 0 Å². The third kappa shape index (κ3) is 5.19. The minimum absolute atomic E-state index is 0.0221. The van der Waals surface area contributed by atoms with Gasteiger partial charge >= 0.3 is 0 Å². The Morgan fingerprint density at radius 2 is 2.35 bits per heavy atom. The molecule has 0 saturated carbocycles. The van der Waals surface area contributed by atoms with Crippen molar-refractivity contribution in [3.63, 3.8) is 0 Å². The van der Waals surface area contributed by atoms with E-state index in [1.807, 2.05) is 31.2 Å². The lowest BCUT2D eigenvalue weighted by Crippen LogP contribution is -2.29. The molecule has 6 heteroatoms. The van der Waals surface area contributed by atoms with Gasteiger partial charge < -0.3 is 15.8 Å². The Morgan fingerprint density at radius 3 is 3.00 bits per heavy atom. The first-order valence-electron chi connectivity index (χ1n) is 6.37. The molecule has 0 aliphatic rings. The number of carbonyl (C=O) groups is 1. The second-order valence-corrected chi connectivity index (χ2v) is 5.18. The van der Waals surface area contributed by atoms with Crippen LogP contribution >= 0.6 is 15.9 Å². The Labute approximate surface area is 127 Å². The molecule has 108 valence electrons. The minimum Gasteiger partial charge on any atom is -0.482 e. The van der Waals surface area contributed by atoms with E-state index in [4.69, 9.17) is 15.7 Å². The molecule has 1 rings (SSSR count). The van der Waals surface area contributed by atoms with E-state index in [1.54, 1.807) is 0 Å². The highest BCUT2D eigenvalue weighted by molar-refractivity contribution is 9.10. The number of nitriles is 1. The van der Waals surface area contributed by atoms with Gasteiger partial charge in [0.05, 0.1) is 10.5 Å². The molecule has 20 heavy (non-hydrogen) atoms. The minimum atomic E-state index is -0.326. The van der Waals surface area contributed by atoms with Crippen molar-refractivity contribution in [3.8, 4) is 11.8 Å². The van der Waals surface area contributed by atoms with E-state index in [9.17, 15) is 4.79 Å². The fraction of sp³-hybridized carbons (Fsp3) is 0.429. The van der Waals surface area contributed by atoms with Crippen LogP contribution in [-0.4, -0.2) is 25.1 Å². The number of ether oxygens (including phenoxy) is 1. The third-order valence-electron chi connectivity index (χ3n) is 2.77. The van der Waals surface area contributed by atoms with Gasteiger partial charge in [-0.05, 0) is 40.4 Å². The number of para-hydroxylation sites is 1. The Kier molecular flexibility index (Phi) is 7.05. The predicted molar refractivity (Wildman–Crippen MR) is 80.2 cm³/mol. The van der Waals surface area contributed by atoms with Crippen LogP contribution in [0.2, 0.25) is 0 Å². The maximum atomic E-state index is 11.4. The smallest absolute Gasteiger partial charge is 0.258 e. The van der Waals surface area contributed by atoms with Crippen molar-refractivity contribution < 1.29 is 9.53 Å². The normalized spacial score (nSPS) is 11.5. The van der Waals surface area contributed by atoms with Gasteiger partial charge in [0.25, 0.3) is 5.91 Å². The van der Waals surface area contributed by atoms with Crippen molar-refractivity contribution in [2.24, 2.45) is 5.73 Å². The van der Waals surface area contributed by atoms with E-state index in [2.05, 4.69) is 21.2 Å². The number of hydrogen-bond acceptors (Lipinski definition) is 4. The molecule has 0 heterocycles. The molecule has 0 spiro atoms. The average Bonchev–Trinajstić information content (AvgIpc) is 2.44. The topological polar surface area (TPSA) is 88.1 Å². The first kappa shape index (κ1) is 16.5. The zero-order valence-electron chi connectivity index (χ0n) is 11.4. The fourth-order valence-electron chi connectivity index (χ4n) is 1.63. The van der Waals surface area contributed by atoms with Gasteiger partial charge in [-0.2, -0.15) is 5.26 Å². The number of hydrogen-bond donors (Lipinski definition) is 2. The molecule has 0 bridgehead atoms. The number of carbonyl (C=O) groups excluding carboxylic acids is 1. The van der Waals surface area contributed by atoms with Crippen molar-refractivity contribution in [3.05, 3.63) is 28.2 Å². The Hall–Kier alpha value is -1.58. The van der Waals surface area contributed by atoms with Gasteiger partial charge in [-0.15, -0.1) is 0 Å². The molecule has 1 amide bonds. The first-order valence-corrected chi connectivity index (χ1v) is 7.17. The second kappa shape index (κ2) is 8.56. The van der Waals surface area contributed by atoms with Gasteiger partial charge in [0.15, 0.2) is 6.61 Å². The van der Waals surface area contributed by atoms with Gasteiger partial charge in [-0.1, -0.05) is 19.1 Å². The van der Waals surface area contributed by atoms with Crippen molar-refractivity contribution in [2.75, 3.05) is 13.2 Å². The van der Waals surface area contributed by atoms with Crippen LogP contribution in [0.15, 0.2) is 22.7 Å². The Bertz CT molecular complexity index is 500.